The summed E-state index contributed by atoms with van der Waals surface area (Å²) in [6.45, 7) is 0. The van der Waals surface area contributed by atoms with Crippen LogP contribution in [0.4, 0.5) is 8.78 Å². The largest absolute Gasteiger partial charge is 0.348 e. The maximum atomic E-state index is 12.2. The second-order valence-corrected chi connectivity index (χ2v) is 3.08. The third-order valence-corrected chi connectivity index (χ3v) is 1.83. The van der Waals surface area contributed by atoms with E-state index in [1.165, 1.54) is 0 Å². The first-order chi connectivity index (χ1) is 6.06. The SMILES string of the molecule is O=Cc1c(C(F)F)[nH]c(Br)cc1=O. The zero-order valence-corrected chi connectivity index (χ0v) is 7.77. The fourth-order valence-electron chi connectivity index (χ4n) is 0.851. The molecule has 0 aromatic carbocycles. The summed E-state index contributed by atoms with van der Waals surface area (Å²) in [6.07, 6.45) is -2.75. The van der Waals surface area contributed by atoms with E-state index < -0.39 is 23.1 Å². The number of H-pyrrole nitrogens is 1. The number of carbonyl (C=O) groups excluding carboxylic acids is 1. The molecule has 1 aromatic rings. The molecule has 0 aliphatic carbocycles. The summed E-state index contributed by atoms with van der Waals surface area (Å²) in [6, 6.07) is 1.02. The first kappa shape index (κ1) is 10.0. The highest BCUT2D eigenvalue weighted by Crippen LogP contribution is 2.19. The van der Waals surface area contributed by atoms with Gasteiger partial charge in [0.25, 0.3) is 6.43 Å². The summed E-state index contributed by atoms with van der Waals surface area (Å²) >= 11 is 2.84. The predicted octanol–water partition coefficient (Wildman–Crippen LogP) is 1.89. The molecule has 1 aromatic heterocycles. The van der Waals surface area contributed by atoms with Crippen LogP contribution in [0, 0.1) is 0 Å². The molecule has 0 saturated heterocycles. The summed E-state index contributed by atoms with van der Waals surface area (Å²) in [4.78, 5) is 23.5. The third kappa shape index (κ3) is 2.00. The van der Waals surface area contributed by atoms with E-state index in [0.717, 1.165) is 6.07 Å². The fraction of sp³-hybridized carbons (Fsp3) is 0.143. The normalized spacial score (nSPS) is 10.5. The van der Waals surface area contributed by atoms with E-state index in [1.807, 2.05) is 0 Å². The monoisotopic (exact) mass is 251 g/mol. The first-order valence-electron chi connectivity index (χ1n) is 3.22. The zero-order chi connectivity index (χ0) is 10.0. The number of hydrogen-bond donors (Lipinski definition) is 1. The lowest BCUT2D eigenvalue weighted by Crippen LogP contribution is -2.13. The second kappa shape index (κ2) is 3.78. The summed E-state index contributed by atoms with van der Waals surface area (Å²) in [5, 5.41) is 0. The van der Waals surface area contributed by atoms with Crippen LogP contribution >= 0.6 is 15.9 Å². The van der Waals surface area contributed by atoms with Gasteiger partial charge in [-0.2, -0.15) is 0 Å². The molecule has 0 amide bonds. The third-order valence-electron chi connectivity index (χ3n) is 1.40. The van der Waals surface area contributed by atoms with Gasteiger partial charge in [0, 0.05) is 6.07 Å². The van der Waals surface area contributed by atoms with Crippen molar-refractivity contribution in [1.82, 2.24) is 4.98 Å². The van der Waals surface area contributed by atoms with Gasteiger partial charge in [-0.1, -0.05) is 0 Å². The number of alkyl halides is 2. The Labute approximate surface area is 79.9 Å². The lowest BCUT2D eigenvalue weighted by Gasteiger charge is -2.03. The Kier molecular flexibility index (Phi) is 2.92. The van der Waals surface area contributed by atoms with Crippen molar-refractivity contribution in [1.29, 1.82) is 0 Å². The fourth-order valence-corrected chi connectivity index (χ4v) is 1.27. The Balaban J connectivity index is 3.47. The number of hydrogen-bond acceptors (Lipinski definition) is 2. The van der Waals surface area contributed by atoms with Gasteiger partial charge in [0.1, 0.15) is 0 Å². The Hall–Kier alpha value is -1.04. The minimum Gasteiger partial charge on any atom is -0.348 e. The summed E-state index contributed by atoms with van der Waals surface area (Å²) in [5.74, 6) is 0. The zero-order valence-electron chi connectivity index (χ0n) is 6.18. The highest BCUT2D eigenvalue weighted by atomic mass is 79.9. The van der Waals surface area contributed by atoms with Gasteiger partial charge in [-0.3, -0.25) is 9.59 Å². The molecule has 13 heavy (non-hydrogen) atoms. The number of nitrogens with one attached hydrogen (secondary N) is 1. The lowest BCUT2D eigenvalue weighted by atomic mass is 10.2. The van der Waals surface area contributed by atoms with Crippen LogP contribution in [-0.2, 0) is 0 Å². The van der Waals surface area contributed by atoms with Crippen molar-refractivity contribution in [3.63, 3.8) is 0 Å². The molecule has 1 rings (SSSR count). The van der Waals surface area contributed by atoms with Gasteiger partial charge in [-0.05, 0) is 15.9 Å². The summed E-state index contributed by atoms with van der Waals surface area (Å²) in [5.41, 5.74) is -1.91. The van der Waals surface area contributed by atoms with Gasteiger partial charge in [0.2, 0.25) is 0 Å². The van der Waals surface area contributed by atoms with Gasteiger partial charge < -0.3 is 4.98 Å². The van der Waals surface area contributed by atoms with E-state index >= 15 is 0 Å². The standard InChI is InChI=1S/C7H4BrF2NO2/c8-5-1-4(13)3(2-12)6(11-5)7(9)10/h1-2,7H,(H,11,13). The number of rotatable bonds is 2. The minimum atomic E-state index is -2.87. The molecule has 0 saturated carbocycles. The van der Waals surface area contributed by atoms with E-state index in [1.54, 1.807) is 0 Å². The molecule has 0 aliphatic rings. The molecule has 1 heterocycles. The van der Waals surface area contributed by atoms with Crippen molar-refractivity contribution in [2.45, 2.75) is 6.43 Å². The highest BCUT2D eigenvalue weighted by molar-refractivity contribution is 9.10. The van der Waals surface area contributed by atoms with Crippen molar-refractivity contribution in [2.75, 3.05) is 0 Å². The van der Waals surface area contributed by atoms with E-state index in [4.69, 9.17) is 0 Å². The van der Waals surface area contributed by atoms with E-state index in [2.05, 4.69) is 20.9 Å². The molecular formula is C7H4BrF2NO2. The Morgan fingerprint density at radius 1 is 1.54 bits per heavy atom. The van der Waals surface area contributed by atoms with Gasteiger partial charge in [0.05, 0.1) is 15.9 Å². The average Bonchev–Trinajstić information content (AvgIpc) is 2.02. The maximum Gasteiger partial charge on any atom is 0.279 e. The molecule has 0 radical (unpaired) electrons. The number of aldehydes is 1. The summed E-state index contributed by atoms with van der Waals surface area (Å²) in [7, 11) is 0. The van der Waals surface area contributed by atoms with Crippen molar-refractivity contribution in [3.8, 4) is 0 Å². The molecule has 0 aliphatic heterocycles. The van der Waals surface area contributed by atoms with Gasteiger partial charge in [-0.15, -0.1) is 0 Å². The minimum absolute atomic E-state index is 0.118. The number of pyridine rings is 1. The topological polar surface area (TPSA) is 49.9 Å². The van der Waals surface area contributed by atoms with Crippen LogP contribution in [0.3, 0.4) is 0 Å². The molecule has 70 valence electrons. The van der Waals surface area contributed by atoms with Crippen LogP contribution in [0.5, 0.6) is 0 Å². The van der Waals surface area contributed by atoms with Gasteiger partial charge in [0.15, 0.2) is 11.7 Å². The molecular weight excluding hydrogens is 248 g/mol. The quantitative estimate of drug-likeness (QED) is 0.645. The van der Waals surface area contributed by atoms with Crippen molar-refractivity contribution < 1.29 is 13.6 Å². The van der Waals surface area contributed by atoms with Crippen LogP contribution in [0.1, 0.15) is 22.5 Å². The van der Waals surface area contributed by atoms with E-state index in [-0.39, 0.29) is 10.9 Å². The lowest BCUT2D eigenvalue weighted by molar-refractivity contribution is 0.110. The van der Waals surface area contributed by atoms with Crippen LogP contribution in [0.2, 0.25) is 0 Å². The van der Waals surface area contributed by atoms with Gasteiger partial charge in [-0.25, -0.2) is 8.78 Å². The summed E-state index contributed by atoms with van der Waals surface area (Å²) < 4.78 is 24.6. The highest BCUT2D eigenvalue weighted by Gasteiger charge is 2.16. The molecule has 0 bridgehead atoms. The van der Waals surface area contributed by atoms with Crippen molar-refractivity contribution in [3.05, 3.63) is 32.2 Å². The van der Waals surface area contributed by atoms with Crippen LogP contribution in [0.15, 0.2) is 15.5 Å². The van der Waals surface area contributed by atoms with Crippen LogP contribution in [-0.4, -0.2) is 11.3 Å². The van der Waals surface area contributed by atoms with Crippen molar-refractivity contribution >= 4 is 22.2 Å². The predicted molar refractivity (Wildman–Crippen MR) is 45.1 cm³/mol. The smallest absolute Gasteiger partial charge is 0.279 e. The second-order valence-electron chi connectivity index (χ2n) is 2.23. The number of aromatic nitrogens is 1. The number of halogens is 3. The van der Waals surface area contributed by atoms with E-state index in [9.17, 15) is 18.4 Å². The number of aromatic amines is 1. The maximum absolute atomic E-state index is 12.2. The van der Waals surface area contributed by atoms with Gasteiger partial charge >= 0.3 is 0 Å². The first-order valence-corrected chi connectivity index (χ1v) is 4.01. The van der Waals surface area contributed by atoms with Crippen LogP contribution in [0.25, 0.3) is 0 Å². The average molecular weight is 252 g/mol. The molecule has 0 spiro atoms. The van der Waals surface area contributed by atoms with E-state index in [0.29, 0.717) is 0 Å². The molecule has 0 fully saturated rings. The molecule has 3 nitrogen and oxygen atoms in total. The molecule has 6 heteroatoms. The molecule has 1 N–H and O–H groups in total. The number of carbonyl (C=O) groups is 1. The Bertz CT molecular complexity index is 389. The Morgan fingerprint density at radius 2 is 2.15 bits per heavy atom. The molecule has 0 atom stereocenters. The van der Waals surface area contributed by atoms with Crippen molar-refractivity contribution in [2.24, 2.45) is 0 Å². The van der Waals surface area contributed by atoms with Crippen LogP contribution < -0.4 is 5.43 Å². The Morgan fingerprint density at radius 3 is 2.62 bits per heavy atom. The molecule has 0 unspecified atom stereocenters.